The van der Waals surface area contributed by atoms with E-state index in [-0.39, 0.29) is 5.91 Å². The molecule has 0 atom stereocenters. The fourth-order valence-corrected chi connectivity index (χ4v) is 3.42. The number of hydrogen-bond donors (Lipinski definition) is 1. The van der Waals surface area contributed by atoms with E-state index in [4.69, 9.17) is 0 Å². The summed E-state index contributed by atoms with van der Waals surface area (Å²) in [5.74, 6) is 0.115. The number of rotatable bonds is 2. The van der Waals surface area contributed by atoms with Gasteiger partial charge in [-0.3, -0.25) is 4.79 Å². The van der Waals surface area contributed by atoms with Crippen molar-refractivity contribution in [3.05, 3.63) is 0 Å². The van der Waals surface area contributed by atoms with E-state index in [1.807, 2.05) is 0 Å². The molecule has 2 aliphatic heterocycles. The summed E-state index contributed by atoms with van der Waals surface area (Å²) in [6, 6.07) is 0. The Bertz CT molecular complexity index is 240. The highest BCUT2D eigenvalue weighted by atomic mass is 16.1. The van der Waals surface area contributed by atoms with Gasteiger partial charge in [0, 0.05) is 32.6 Å². The number of fused-ring (bicyclic) bond motifs is 1. The van der Waals surface area contributed by atoms with Crippen molar-refractivity contribution in [2.75, 3.05) is 26.7 Å². The molecule has 1 amide bonds. The standard InChI is InChI=1S/C11H20N2O/c1-10(14)12-9-11-5-3-7-13(11,2)8-4-6-11/h3-9H2,1-2H3/p+1. The summed E-state index contributed by atoms with van der Waals surface area (Å²) in [6.45, 7) is 5.11. The lowest BCUT2D eigenvalue weighted by atomic mass is 9.93. The molecule has 0 aromatic carbocycles. The van der Waals surface area contributed by atoms with Gasteiger partial charge in [0.05, 0.1) is 26.7 Å². The smallest absolute Gasteiger partial charge is 0.217 e. The second kappa shape index (κ2) is 3.23. The fourth-order valence-electron chi connectivity index (χ4n) is 3.42. The van der Waals surface area contributed by atoms with E-state index >= 15 is 0 Å². The fraction of sp³-hybridized carbons (Fsp3) is 0.909. The highest BCUT2D eigenvalue weighted by Crippen LogP contribution is 2.43. The SMILES string of the molecule is CC(=O)NCC12CCC[N+]1(C)CCC2. The van der Waals surface area contributed by atoms with Gasteiger partial charge < -0.3 is 9.80 Å². The lowest BCUT2D eigenvalue weighted by Gasteiger charge is -2.40. The molecule has 0 spiro atoms. The summed E-state index contributed by atoms with van der Waals surface area (Å²) in [5.41, 5.74) is 0.381. The number of nitrogens with zero attached hydrogens (tertiary/aromatic N) is 1. The van der Waals surface area contributed by atoms with Crippen LogP contribution >= 0.6 is 0 Å². The summed E-state index contributed by atoms with van der Waals surface area (Å²) in [6.07, 6.45) is 5.25. The maximum absolute atomic E-state index is 11.0. The van der Waals surface area contributed by atoms with Crippen LogP contribution in [-0.2, 0) is 4.79 Å². The number of nitrogens with one attached hydrogen (secondary N) is 1. The van der Waals surface area contributed by atoms with Gasteiger partial charge >= 0.3 is 0 Å². The molecule has 0 aromatic rings. The van der Waals surface area contributed by atoms with Crippen LogP contribution < -0.4 is 5.32 Å². The van der Waals surface area contributed by atoms with E-state index in [9.17, 15) is 4.79 Å². The molecule has 80 valence electrons. The van der Waals surface area contributed by atoms with Crippen molar-refractivity contribution in [1.29, 1.82) is 0 Å². The predicted molar refractivity (Wildman–Crippen MR) is 55.8 cm³/mol. The van der Waals surface area contributed by atoms with Gasteiger partial charge in [-0.25, -0.2) is 0 Å². The topological polar surface area (TPSA) is 29.1 Å². The Morgan fingerprint density at radius 2 is 1.93 bits per heavy atom. The highest BCUT2D eigenvalue weighted by molar-refractivity contribution is 5.72. The first-order valence-corrected chi connectivity index (χ1v) is 5.67. The van der Waals surface area contributed by atoms with Crippen molar-refractivity contribution in [3.8, 4) is 0 Å². The van der Waals surface area contributed by atoms with Gasteiger partial charge in [0.15, 0.2) is 0 Å². The first kappa shape index (κ1) is 9.97. The van der Waals surface area contributed by atoms with E-state index in [0.29, 0.717) is 5.54 Å². The summed E-state index contributed by atoms with van der Waals surface area (Å²) < 4.78 is 1.20. The Labute approximate surface area is 86.1 Å². The van der Waals surface area contributed by atoms with Gasteiger partial charge in [-0.05, 0) is 0 Å². The second-order valence-corrected chi connectivity index (χ2v) is 5.18. The van der Waals surface area contributed by atoms with Crippen LogP contribution in [0.1, 0.15) is 32.6 Å². The van der Waals surface area contributed by atoms with Crippen LogP contribution in [0.2, 0.25) is 0 Å². The van der Waals surface area contributed by atoms with Crippen LogP contribution in [0.15, 0.2) is 0 Å². The molecule has 2 saturated heterocycles. The molecule has 3 heteroatoms. The third kappa shape index (κ3) is 1.34. The lowest BCUT2D eigenvalue weighted by molar-refractivity contribution is -0.932. The number of amides is 1. The van der Waals surface area contributed by atoms with Gasteiger partial charge in [-0.15, -0.1) is 0 Å². The molecule has 0 saturated carbocycles. The molecule has 0 aliphatic carbocycles. The number of likely N-dealkylation sites (N-methyl/N-ethyl adjacent to an activating group) is 1. The van der Waals surface area contributed by atoms with Crippen LogP contribution in [0, 0.1) is 0 Å². The molecular weight excluding hydrogens is 176 g/mol. The van der Waals surface area contributed by atoms with Gasteiger partial charge in [0.25, 0.3) is 0 Å². The number of quaternary nitrogens is 1. The zero-order valence-electron chi connectivity index (χ0n) is 9.31. The number of carbonyl (C=O) groups excluding carboxylic acids is 1. The second-order valence-electron chi connectivity index (χ2n) is 5.18. The van der Waals surface area contributed by atoms with Crippen molar-refractivity contribution in [2.45, 2.75) is 38.1 Å². The predicted octanol–water partition coefficient (Wildman–Crippen LogP) is 0.895. The molecule has 3 nitrogen and oxygen atoms in total. The van der Waals surface area contributed by atoms with Crippen LogP contribution in [0.3, 0.4) is 0 Å². The Morgan fingerprint density at radius 3 is 2.43 bits per heavy atom. The minimum atomic E-state index is 0.115. The van der Waals surface area contributed by atoms with E-state index in [2.05, 4.69) is 12.4 Å². The normalized spacial score (nSPS) is 41.0. The lowest BCUT2D eigenvalue weighted by Crippen LogP contribution is -2.58. The Kier molecular flexibility index (Phi) is 2.30. The third-order valence-electron chi connectivity index (χ3n) is 4.40. The van der Waals surface area contributed by atoms with Crippen LogP contribution in [-0.4, -0.2) is 42.6 Å². The van der Waals surface area contributed by atoms with Crippen molar-refractivity contribution in [2.24, 2.45) is 0 Å². The zero-order valence-corrected chi connectivity index (χ0v) is 9.31. The van der Waals surface area contributed by atoms with Crippen LogP contribution in [0.25, 0.3) is 0 Å². The van der Waals surface area contributed by atoms with Gasteiger partial charge in [-0.2, -0.15) is 0 Å². The molecule has 1 N–H and O–H groups in total. The average molecular weight is 197 g/mol. The monoisotopic (exact) mass is 197 g/mol. The number of carbonyl (C=O) groups is 1. The van der Waals surface area contributed by atoms with Gasteiger partial charge in [-0.1, -0.05) is 0 Å². The maximum atomic E-state index is 11.0. The van der Waals surface area contributed by atoms with Gasteiger partial charge in [0.2, 0.25) is 5.91 Å². The maximum Gasteiger partial charge on any atom is 0.217 e. The first-order chi connectivity index (χ1) is 6.58. The zero-order chi connectivity index (χ0) is 10.2. The number of hydrogen-bond acceptors (Lipinski definition) is 1. The molecule has 2 fully saturated rings. The Balaban J connectivity index is 2.09. The summed E-state index contributed by atoms with van der Waals surface area (Å²) >= 11 is 0. The van der Waals surface area contributed by atoms with Crippen molar-refractivity contribution in [3.63, 3.8) is 0 Å². The first-order valence-electron chi connectivity index (χ1n) is 5.67. The quantitative estimate of drug-likeness (QED) is 0.655. The average Bonchev–Trinajstić information content (AvgIpc) is 2.54. The van der Waals surface area contributed by atoms with E-state index in [1.54, 1.807) is 6.92 Å². The van der Waals surface area contributed by atoms with Gasteiger partial charge in [0.1, 0.15) is 5.54 Å². The molecule has 0 bridgehead atoms. The van der Waals surface area contributed by atoms with Crippen LogP contribution in [0.5, 0.6) is 0 Å². The minimum Gasteiger partial charge on any atom is -0.350 e. The molecule has 0 aromatic heterocycles. The highest BCUT2D eigenvalue weighted by Gasteiger charge is 2.55. The molecular formula is C11H21N2O+. The summed E-state index contributed by atoms with van der Waals surface area (Å²) in [4.78, 5) is 11.0. The molecule has 2 rings (SSSR count). The van der Waals surface area contributed by atoms with Crippen molar-refractivity contribution < 1.29 is 9.28 Å². The van der Waals surface area contributed by atoms with Crippen molar-refractivity contribution in [1.82, 2.24) is 5.32 Å². The van der Waals surface area contributed by atoms with E-state index in [1.165, 1.54) is 43.3 Å². The molecule has 14 heavy (non-hydrogen) atoms. The summed E-state index contributed by atoms with van der Waals surface area (Å²) in [7, 11) is 2.36. The minimum absolute atomic E-state index is 0.115. The van der Waals surface area contributed by atoms with E-state index < -0.39 is 0 Å². The van der Waals surface area contributed by atoms with Crippen molar-refractivity contribution >= 4 is 5.91 Å². The summed E-state index contributed by atoms with van der Waals surface area (Å²) in [5, 5.41) is 3.02. The Hall–Kier alpha value is -0.570. The Morgan fingerprint density at radius 1 is 1.36 bits per heavy atom. The molecule has 2 heterocycles. The van der Waals surface area contributed by atoms with Crippen LogP contribution in [0.4, 0.5) is 0 Å². The molecule has 0 unspecified atom stereocenters. The largest absolute Gasteiger partial charge is 0.350 e. The molecule has 2 aliphatic rings. The third-order valence-corrected chi connectivity index (χ3v) is 4.40. The molecule has 0 radical (unpaired) electrons. The van der Waals surface area contributed by atoms with E-state index in [0.717, 1.165) is 6.54 Å².